The van der Waals surface area contributed by atoms with Gasteiger partial charge in [-0.3, -0.25) is 0 Å². The smallest absolute Gasteiger partial charge is 0.258 e. The van der Waals surface area contributed by atoms with Gasteiger partial charge < -0.3 is 15.7 Å². The molecule has 4 rings (SSSR count). The van der Waals surface area contributed by atoms with Crippen LogP contribution in [0.3, 0.4) is 0 Å². The molecule has 0 fully saturated rings. The number of benzene rings is 1. The number of hydrogen-bond acceptors (Lipinski definition) is 7. The molecule has 0 amide bonds. The molecule has 1 aromatic carbocycles. The maximum Gasteiger partial charge on any atom is 0.258 e. The molecule has 2 aromatic heterocycles. The third kappa shape index (κ3) is 3.92. The summed E-state index contributed by atoms with van der Waals surface area (Å²) in [7, 11) is 0. The van der Waals surface area contributed by atoms with Gasteiger partial charge in [0.05, 0.1) is 29.2 Å². The maximum absolute atomic E-state index is 12.8. The van der Waals surface area contributed by atoms with E-state index in [-0.39, 0.29) is 12.6 Å². The van der Waals surface area contributed by atoms with E-state index in [0.717, 1.165) is 11.3 Å². The average molecular weight is 425 g/mol. The molecule has 0 saturated heterocycles. The van der Waals surface area contributed by atoms with Crippen LogP contribution < -0.4 is 10.6 Å². The SMILES string of the molecule is Cc1cc(Nc2nccc(-c3cc(C#N)c4c(c3)C(C)(CO)CN4)n2)n(CC(F)F)n1. The number of aryl methyl sites for hydroxylation is 1. The molecule has 3 N–H and O–H groups in total. The van der Waals surface area contributed by atoms with Crippen molar-refractivity contribution in [3.05, 3.63) is 47.3 Å². The number of hydrogen-bond donors (Lipinski definition) is 3. The molecule has 0 aliphatic carbocycles. The Balaban J connectivity index is 1.70. The Morgan fingerprint density at radius 2 is 2.19 bits per heavy atom. The Labute approximate surface area is 177 Å². The van der Waals surface area contributed by atoms with E-state index in [9.17, 15) is 19.1 Å². The van der Waals surface area contributed by atoms with Crippen LogP contribution in [0.4, 0.5) is 26.2 Å². The molecule has 1 atom stereocenters. The molecule has 1 aliphatic heterocycles. The average Bonchev–Trinajstić information content (AvgIpc) is 3.26. The number of nitrogens with one attached hydrogen (secondary N) is 2. The first-order chi connectivity index (χ1) is 14.8. The van der Waals surface area contributed by atoms with Gasteiger partial charge in [-0.25, -0.2) is 23.4 Å². The van der Waals surface area contributed by atoms with Crippen LogP contribution in [0.2, 0.25) is 0 Å². The number of nitrogens with zero attached hydrogens (tertiary/aromatic N) is 5. The molecular formula is C21H21F2N7O. The lowest BCUT2D eigenvalue weighted by Gasteiger charge is -2.21. The summed E-state index contributed by atoms with van der Waals surface area (Å²) < 4.78 is 26.9. The zero-order valence-electron chi connectivity index (χ0n) is 17.0. The largest absolute Gasteiger partial charge is 0.395 e. The second kappa shape index (κ2) is 7.92. The minimum atomic E-state index is -2.54. The first-order valence-corrected chi connectivity index (χ1v) is 9.69. The van der Waals surface area contributed by atoms with E-state index in [1.165, 1.54) is 4.68 Å². The number of aromatic nitrogens is 4. The number of rotatable bonds is 6. The van der Waals surface area contributed by atoms with Crippen LogP contribution in [0.15, 0.2) is 30.5 Å². The highest BCUT2D eigenvalue weighted by Crippen LogP contribution is 2.41. The molecular weight excluding hydrogens is 404 g/mol. The Hall–Kier alpha value is -3.58. The standard InChI is InChI=1S/C21H21F2N7O/c1-12-5-18(30(29-12)9-17(22)23)28-20-25-4-3-16(27-20)13-6-14(8-24)19-15(7-13)21(2,11-31)10-26-19/h3-7,17,26,31H,9-11H2,1-2H3,(H,25,27,28). The lowest BCUT2D eigenvalue weighted by atomic mass is 9.83. The first kappa shape index (κ1) is 20.7. The van der Waals surface area contributed by atoms with Gasteiger partial charge in [0.25, 0.3) is 6.43 Å². The van der Waals surface area contributed by atoms with Crippen LogP contribution in [-0.4, -0.2) is 44.4 Å². The zero-order chi connectivity index (χ0) is 22.2. The Bertz CT molecular complexity index is 1170. The molecule has 31 heavy (non-hydrogen) atoms. The van der Waals surface area contributed by atoms with Gasteiger partial charge in [-0.05, 0) is 30.7 Å². The van der Waals surface area contributed by atoms with E-state index in [1.807, 2.05) is 13.0 Å². The van der Waals surface area contributed by atoms with Crippen molar-refractivity contribution in [2.75, 3.05) is 23.8 Å². The Morgan fingerprint density at radius 3 is 2.90 bits per heavy atom. The quantitative estimate of drug-likeness (QED) is 0.556. The summed E-state index contributed by atoms with van der Waals surface area (Å²) in [4.78, 5) is 8.68. The maximum atomic E-state index is 12.8. The van der Waals surface area contributed by atoms with Crippen LogP contribution in [0.5, 0.6) is 0 Å². The van der Waals surface area contributed by atoms with Crippen LogP contribution in [0, 0.1) is 18.3 Å². The fraction of sp³-hybridized carbons (Fsp3) is 0.333. The predicted molar refractivity (Wildman–Crippen MR) is 111 cm³/mol. The van der Waals surface area contributed by atoms with Crippen molar-refractivity contribution >= 4 is 17.5 Å². The molecule has 0 radical (unpaired) electrons. The van der Waals surface area contributed by atoms with Crippen molar-refractivity contribution in [3.8, 4) is 17.3 Å². The second-order valence-electron chi connectivity index (χ2n) is 7.77. The first-order valence-electron chi connectivity index (χ1n) is 9.69. The van der Waals surface area contributed by atoms with Gasteiger partial charge in [0.1, 0.15) is 18.4 Å². The summed E-state index contributed by atoms with van der Waals surface area (Å²) in [5, 5.41) is 29.7. The highest BCUT2D eigenvalue weighted by atomic mass is 19.3. The van der Waals surface area contributed by atoms with Crippen LogP contribution >= 0.6 is 0 Å². The summed E-state index contributed by atoms with van der Waals surface area (Å²) >= 11 is 0. The Morgan fingerprint density at radius 1 is 1.39 bits per heavy atom. The number of aliphatic hydroxyl groups excluding tert-OH is 1. The minimum absolute atomic E-state index is 0.0641. The van der Waals surface area contributed by atoms with Crippen molar-refractivity contribution in [2.24, 2.45) is 0 Å². The Kier molecular flexibility index (Phi) is 5.29. The summed E-state index contributed by atoms with van der Waals surface area (Å²) in [5.74, 6) is 0.577. The van der Waals surface area contributed by atoms with Gasteiger partial charge >= 0.3 is 0 Å². The monoisotopic (exact) mass is 425 g/mol. The van der Waals surface area contributed by atoms with Crippen molar-refractivity contribution in [3.63, 3.8) is 0 Å². The number of halogens is 2. The highest BCUT2D eigenvalue weighted by Gasteiger charge is 2.36. The van der Waals surface area contributed by atoms with E-state index in [1.54, 1.807) is 31.3 Å². The van der Waals surface area contributed by atoms with Crippen LogP contribution in [0.25, 0.3) is 11.3 Å². The van der Waals surface area contributed by atoms with Gasteiger partial charge in [-0.1, -0.05) is 6.92 Å². The van der Waals surface area contributed by atoms with Gasteiger partial charge in [-0.2, -0.15) is 10.4 Å². The van der Waals surface area contributed by atoms with Crippen molar-refractivity contribution in [2.45, 2.75) is 32.2 Å². The van der Waals surface area contributed by atoms with E-state index in [0.29, 0.717) is 34.9 Å². The van der Waals surface area contributed by atoms with Crippen LogP contribution in [-0.2, 0) is 12.0 Å². The second-order valence-corrected chi connectivity index (χ2v) is 7.77. The van der Waals surface area contributed by atoms with E-state index < -0.39 is 18.4 Å². The summed E-state index contributed by atoms with van der Waals surface area (Å²) in [6.07, 6.45) is -0.994. The number of fused-ring (bicyclic) bond motifs is 1. The fourth-order valence-corrected chi connectivity index (χ4v) is 3.67. The predicted octanol–water partition coefficient (Wildman–Crippen LogP) is 3.20. The molecule has 1 aliphatic rings. The van der Waals surface area contributed by atoms with E-state index in [4.69, 9.17) is 0 Å². The fourth-order valence-electron chi connectivity index (χ4n) is 3.67. The topological polar surface area (TPSA) is 112 Å². The number of aliphatic hydroxyl groups is 1. The number of alkyl halides is 2. The molecule has 160 valence electrons. The lowest BCUT2D eigenvalue weighted by Crippen LogP contribution is -2.28. The van der Waals surface area contributed by atoms with Gasteiger partial charge in [-0.15, -0.1) is 0 Å². The highest BCUT2D eigenvalue weighted by molar-refractivity contribution is 5.76. The van der Waals surface area contributed by atoms with Gasteiger partial charge in [0.2, 0.25) is 5.95 Å². The van der Waals surface area contributed by atoms with E-state index in [2.05, 4.69) is 31.8 Å². The molecule has 0 saturated carbocycles. The third-order valence-corrected chi connectivity index (χ3v) is 5.32. The summed E-state index contributed by atoms with van der Waals surface area (Å²) in [6, 6.07) is 9.17. The number of nitriles is 1. The number of anilines is 3. The summed E-state index contributed by atoms with van der Waals surface area (Å²) in [6.45, 7) is 3.56. The summed E-state index contributed by atoms with van der Waals surface area (Å²) in [5.41, 5.74) is 3.37. The minimum Gasteiger partial charge on any atom is -0.395 e. The molecule has 10 heteroatoms. The van der Waals surface area contributed by atoms with Crippen molar-refractivity contribution in [1.29, 1.82) is 5.26 Å². The molecule has 8 nitrogen and oxygen atoms in total. The zero-order valence-corrected chi connectivity index (χ0v) is 17.0. The molecule has 0 bridgehead atoms. The molecule has 1 unspecified atom stereocenters. The third-order valence-electron chi connectivity index (χ3n) is 5.32. The molecule has 3 aromatic rings. The molecule has 3 heterocycles. The van der Waals surface area contributed by atoms with Crippen LogP contribution in [0.1, 0.15) is 23.7 Å². The van der Waals surface area contributed by atoms with Crippen molar-refractivity contribution < 1.29 is 13.9 Å². The van der Waals surface area contributed by atoms with Crippen molar-refractivity contribution in [1.82, 2.24) is 19.7 Å². The normalized spacial score (nSPS) is 17.3. The lowest BCUT2D eigenvalue weighted by molar-refractivity contribution is 0.122. The molecule has 0 spiro atoms. The van der Waals surface area contributed by atoms with E-state index >= 15 is 0 Å². The van der Waals surface area contributed by atoms with Gasteiger partial charge in [0, 0.05) is 29.8 Å². The van der Waals surface area contributed by atoms with Gasteiger partial charge in [0.15, 0.2) is 0 Å².